The number of nitrogens with zero attached hydrogens (tertiary/aromatic N) is 1. The van der Waals surface area contributed by atoms with E-state index in [0.29, 0.717) is 18.5 Å². The average Bonchev–Trinajstić information content (AvgIpc) is 3.14. The fraction of sp³-hybridized carbons (Fsp3) is 0.158. The molecule has 2 heterocycles. The molecule has 0 spiro atoms. The van der Waals surface area contributed by atoms with Gasteiger partial charge in [-0.05, 0) is 35.7 Å². The number of rotatable bonds is 6. The number of benzene rings is 1. The zero-order valence-electron chi connectivity index (χ0n) is 13.0. The molecule has 1 aromatic carbocycles. The van der Waals surface area contributed by atoms with Crippen molar-refractivity contribution in [1.29, 1.82) is 0 Å². The van der Waals surface area contributed by atoms with Crippen molar-refractivity contribution in [1.82, 2.24) is 10.3 Å². The number of amides is 1. The largest absolute Gasteiger partial charge is 0.472 e. The molecule has 3 rings (SSSR count). The predicted octanol–water partition coefficient (Wildman–Crippen LogP) is 3.73. The van der Waals surface area contributed by atoms with E-state index in [4.69, 9.17) is 4.42 Å². The quantitative estimate of drug-likeness (QED) is 0.751. The molecule has 5 heteroatoms. The van der Waals surface area contributed by atoms with Gasteiger partial charge in [0, 0.05) is 24.7 Å². The Labute approximate surface area is 139 Å². The number of hydrogen-bond donors (Lipinski definition) is 1. The number of pyridine rings is 1. The molecule has 0 atom stereocenters. The van der Waals surface area contributed by atoms with Gasteiger partial charge in [0.1, 0.15) is 5.82 Å². The van der Waals surface area contributed by atoms with E-state index < -0.39 is 0 Å². The van der Waals surface area contributed by atoms with Crippen LogP contribution in [-0.2, 0) is 17.8 Å². The van der Waals surface area contributed by atoms with Crippen molar-refractivity contribution in [3.05, 3.63) is 78.1 Å². The van der Waals surface area contributed by atoms with Crippen molar-refractivity contribution >= 4 is 5.91 Å². The van der Waals surface area contributed by atoms with E-state index in [1.807, 2.05) is 18.2 Å². The molecule has 3 aromatic rings. The maximum atomic E-state index is 13.5. The third-order valence-electron chi connectivity index (χ3n) is 3.71. The van der Waals surface area contributed by atoms with E-state index in [2.05, 4.69) is 10.3 Å². The van der Waals surface area contributed by atoms with Crippen LogP contribution < -0.4 is 5.32 Å². The molecule has 0 aliphatic carbocycles. The van der Waals surface area contributed by atoms with Gasteiger partial charge in [0.25, 0.3) is 0 Å². The zero-order valence-corrected chi connectivity index (χ0v) is 13.0. The third-order valence-corrected chi connectivity index (χ3v) is 3.71. The fourth-order valence-electron chi connectivity index (χ4n) is 2.35. The maximum Gasteiger partial charge on any atom is 0.220 e. The lowest BCUT2D eigenvalue weighted by Crippen LogP contribution is -2.23. The van der Waals surface area contributed by atoms with Gasteiger partial charge in [0.2, 0.25) is 5.91 Å². The monoisotopic (exact) mass is 324 g/mol. The van der Waals surface area contributed by atoms with E-state index in [-0.39, 0.29) is 18.1 Å². The molecule has 2 aromatic heterocycles. The van der Waals surface area contributed by atoms with E-state index in [1.165, 1.54) is 6.07 Å². The first-order valence-corrected chi connectivity index (χ1v) is 7.70. The van der Waals surface area contributed by atoms with Crippen LogP contribution in [-0.4, -0.2) is 10.9 Å². The molecule has 0 aliphatic heterocycles. The minimum Gasteiger partial charge on any atom is -0.472 e. The lowest BCUT2D eigenvalue weighted by Gasteiger charge is -2.06. The minimum absolute atomic E-state index is 0.114. The highest BCUT2D eigenvalue weighted by atomic mass is 19.1. The number of nitrogens with one attached hydrogen (secondary N) is 1. The standard InChI is InChI=1S/C19H17FN2O2/c20-17-4-2-1-3-15(17)6-8-19(23)22-12-14-5-7-18(21-11-14)16-9-10-24-13-16/h1-5,7,9-11,13H,6,8,12H2,(H,22,23). The molecule has 0 saturated heterocycles. The molecule has 122 valence electrons. The summed E-state index contributed by atoms with van der Waals surface area (Å²) in [6, 6.07) is 12.1. The first-order valence-electron chi connectivity index (χ1n) is 7.70. The molecule has 4 nitrogen and oxygen atoms in total. The van der Waals surface area contributed by atoms with Gasteiger partial charge in [-0.1, -0.05) is 24.3 Å². The smallest absolute Gasteiger partial charge is 0.220 e. The predicted molar refractivity (Wildman–Crippen MR) is 88.5 cm³/mol. The average molecular weight is 324 g/mol. The Morgan fingerprint density at radius 3 is 2.75 bits per heavy atom. The number of aryl methyl sites for hydroxylation is 1. The highest BCUT2D eigenvalue weighted by molar-refractivity contribution is 5.76. The van der Waals surface area contributed by atoms with Crippen LogP contribution in [0.4, 0.5) is 4.39 Å². The zero-order chi connectivity index (χ0) is 16.8. The van der Waals surface area contributed by atoms with Crippen LogP contribution in [0.2, 0.25) is 0 Å². The number of hydrogen-bond acceptors (Lipinski definition) is 3. The Hall–Kier alpha value is -2.95. The van der Waals surface area contributed by atoms with Crippen molar-refractivity contribution in [2.75, 3.05) is 0 Å². The van der Waals surface area contributed by atoms with Crippen molar-refractivity contribution in [3.8, 4) is 11.3 Å². The van der Waals surface area contributed by atoms with Gasteiger partial charge in [0.15, 0.2) is 0 Å². The number of furan rings is 1. The minimum atomic E-state index is -0.274. The van der Waals surface area contributed by atoms with Crippen molar-refractivity contribution in [3.63, 3.8) is 0 Å². The van der Waals surface area contributed by atoms with Crippen LogP contribution in [0.5, 0.6) is 0 Å². The Bertz CT molecular complexity index is 798. The van der Waals surface area contributed by atoms with Crippen molar-refractivity contribution < 1.29 is 13.6 Å². The number of carbonyl (C=O) groups excluding carboxylic acids is 1. The van der Waals surface area contributed by atoms with E-state index >= 15 is 0 Å². The molecular weight excluding hydrogens is 307 g/mol. The van der Waals surface area contributed by atoms with Gasteiger partial charge in [-0.3, -0.25) is 9.78 Å². The molecule has 0 radical (unpaired) electrons. The Kier molecular flexibility index (Phi) is 5.01. The summed E-state index contributed by atoms with van der Waals surface area (Å²) in [5, 5.41) is 2.82. The van der Waals surface area contributed by atoms with Crippen molar-refractivity contribution in [2.24, 2.45) is 0 Å². The van der Waals surface area contributed by atoms with Crippen LogP contribution >= 0.6 is 0 Å². The molecule has 0 fully saturated rings. The van der Waals surface area contributed by atoms with Crippen LogP contribution in [0.15, 0.2) is 65.6 Å². The first kappa shape index (κ1) is 15.9. The summed E-state index contributed by atoms with van der Waals surface area (Å²) in [6.45, 7) is 0.398. The van der Waals surface area contributed by atoms with Crippen LogP contribution in [0.3, 0.4) is 0 Å². The normalized spacial score (nSPS) is 10.5. The van der Waals surface area contributed by atoms with Gasteiger partial charge in [-0.2, -0.15) is 0 Å². The second-order valence-electron chi connectivity index (χ2n) is 5.43. The number of aromatic nitrogens is 1. The molecule has 1 amide bonds. The van der Waals surface area contributed by atoms with Crippen LogP contribution in [0.1, 0.15) is 17.5 Å². The lowest BCUT2D eigenvalue weighted by molar-refractivity contribution is -0.121. The Morgan fingerprint density at radius 2 is 2.04 bits per heavy atom. The van der Waals surface area contributed by atoms with Gasteiger partial charge in [-0.25, -0.2) is 4.39 Å². The Balaban J connectivity index is 1.48. The molecule has 1 N–H and O–H groups in total. The summed E-state index contributed by atoms with van der Waals surface area (Å²) >= 11 is 0. The highest BCUT2D eigenvalue weighted by Crippen LogP contribution is 2.17. The van der Waals surface area contributed by atoms with Crippen LogP contribution in [0.25, 0.3) is 11.3 Å². The second kappa shape index (κ2) is 7.55. The molecule has 0 bridgehead atoms. The summed E-state index contributed by atoms with van der Waals surface area (Å²) in [5.41, 5.74) is 3.19. The van der Waals surface area contributed by atoms with Crippen molar-refractivity contribution in [2.45, 2.75) is 19.4 Å². The molecule has 24 heavy (non-hydrogen) atoms. The van der Waals surface area contributed by atoms with Gasteiger partial charge in [-0.15, -0.1) is 0 Å². The van der Waals surface area contributed by atoms with E-state index in [9.17, 15) is 9.18 Å². The summed E-state index contributed by atoms with van der Waals surface area (Å²) in [6.07, 6.45) is 5.59. The summed E-state index contributed by atoms with van der Waals surface area (Å²) < 4.78 is 18.5. The fourth-order valence-corrected chi connectivity index (χ4v) is 2.35. The number of carbonyl (C=O) groups is 1. The molecule has 0 saturated carbocycles. The number of halogens is 1. The maximum absolute atomic E-state index is 13.5. The van der Waals surface area contributed by atoms with Gasteiger partial charge >= 0.3 is 0 Å². The van der Waals surface area contributed by atoms with Crippen LogP contribution in [0, 0.1) is 5.82 Å². The summed E-state index contributed by atoms with van der Waals surface area (Å²) in [5.74, 6) is -0.388. The SMILES string of the molecule is O=C(CCc1ccccc1F)NCc1ccc(-c2ccoc2)nc1. The van der Waals surface area contributed by atoms with E-state index in [0.717, 1.165) is 16.8 Å². The third kappa shape index (κ3) is 4.07. The second-order valence-corrected chi connectivity index (χ2v) is 5.43. The first-order chi connectivity index (χ1) is 11.7. The topological polar surface area (TPSA) is 55.1 Å². The summed E-state index contributed by atoms with van der Waals surface area (Å²) in [7, 11) is 0. The highest BCUT2D eigenvalue weighted by Gasteiger charge is 2.06. The summed E-state index contributed by atoms with van der Waals surface area (Å²) in [4.78, 5) is 16.2. The van der Waals surface area contributed by atoms with E-state index in [1.54, 1.807) is 36.9 Å². The molecule has 0 aliphatic rings. The molecule has 0 unspecified atom stereocenters. The Morgan fingerprint density at radius 1 is 1.17 bits per heavy atom. The van der Waals surface area contributed by atoms with Gasteiger partial charge < -0.3 is 9.73 Å². The lowest BCUT2D eigenvalue weighted by atomic mass is 10.1. The molecular formula is C19H17FN2O2. The van der Waals surface area contributed by atoms with Gasteiger partial charge in [0.05, 0.1) is 18.2 Å².